The van der Waals surface area contributed by atoms with Gasteiger partial charge >= 0.3 is 5.97 Å². The maximum absolute atomic E-state index is 11.7. The standard InChI is InChI=1S/C22H22.C18H18O2.C5H10O/c1-18(2)22(19-12-6-3-7-13-19,20-14-8-4-9-15-20)21-16-10-5-11-17-21;1-12(2)18(19)20-11-17-15-9-5-3-7-13(15)14-8-4-6-10-16(14)17;1-4(2)5(3)6/h3-18H,1-2H3;3-10,12,17H,11H2,1-2H3;4H,1-3H3. The fourth-order valence-electron chi connectivity index (χ4n) is 6.37. The molecule has 0 unspecified atom stereocenters. The van der Waals surface area contributed by atoms with Gasteiger partial charge in [-0.3, -0.25) is 9.59 Å². The Morgan fingerprint density at radius 3 is 1.19 bits per heavy atom. The number of rotatable bonds is 8. The quantitative estimate of drug-likeness (QED) is 0.125. The van der Waals surface area contributed by atoms with Crippen molar-refractivity contribution in [3.63, 3.8) is 0 Å². The van der Waals surface area contributed by atoms with Gasteiger partial charge in [-0.1, -0.05) is 181 Å². The van der Waals surface area contributed by atoms with Gasteiger partial charge in [0.15, 0.2) is 0 Å². The number of Topliss-reactive ketones (excluding diaryl/α,β-unsaturated/α-hetero) is 1. The van der Waals surface area contributed by atoms with Crippen molar-refractivity contribution in [1.29, 1.82) is 0 Å². The molecule has 0 bridgehead atoms. The second-order valence-corrected chi connectivity index (χ2v) is 13.3. The zero-order chi connectivity index (χ0) is 34.7. The van der Waals surface area contributed by atoms with Crippen LogP contribution >= 0.6 is 0 Å². The van der Waals surface area contributed by atoms with Gasteiger partial charge in [0.05, 0.1) is 5.92 Å². The Hall–Kier alpha value is -4.76. The summed E-state index contributed by atoms with van der Waals surface area (Å²) in [5.74, 6) is 0.860. The third kappa shape index (κ3) is 8.20. The smallest absolute Gasteiger partial charge is 0.308 e. The summed E-state index contributed by atoms with van der Waals surface area (Å²) in [5, 5.41) is 0. The summed E-state index contributed by atoms with van der Waals surface area (Å²) in [7, 11) is 0. The summed E-state index contributed by atoms with van der Waals surface area (Å²) >= 11 is 0. The van der Waals surface area contributed by atoms with Crippen molar-refractivity contribution in [2.75, 3.05) is 6.61 Å². The highest BCUT2D eigenvalue weighted by Crippen LogP contribution is 2.46. The van der Waals surface area contributed by atoms with E-state index in [1.165, 1.54) is 38.9 Å². The Morgan fingerprint density at radius 1 is 0.542 bits per heavy atom. The van der Waals surface area contributed by atoms with Crippen LogP contribution in [0.25, 0.3) is 11.1 Å². The monoisotopic (exact) mass is 638 g/mol. The van der Waals surface area contributed by atoms with E-state index in [-0.39, 0.29) is 34.9 Å². The maximum Gasteiger partial charge on any atom is 0.308 e. The average Bonchev–Trinajstić information content (AvgIpc) is 3.43. The van der Waals surface area contributed by atoms with Crippen molar-refractivity contribution < 1.29 is 14.3 Å². The SMILES string of the molecule is CC(=O)C(C)C.CC(C)C(=O)OCC1c2ccccc2-c2ccccc21.CC(C)C(c1ccccc1)(c1ccccc1)c1ccccc1. The van der Waals surface area contributed by atoms with Crippen LogP contribution < -0.4 is 0 Å². The van der Waals surface area contributed by atoms with Gasteiger partial charge in [0.2, 0.25) is 0 Å². The van der Waals surface area contributed by atoms with Crippen LogP contribution in [-0.2, 0) is 19.7 Å². The minimum atomic E-state index is -0.133. The number of hydrogen-bond acceptors (Lipinski definition) is 3. The Kier molecular flexibility index (Phi) is 12.7. The maximum atomic E-state index is 11.7. The second kappa shape index (κ2) is 16.9. The van der Waals surface area contributed by atoms with E-state index >= 15 is 0 Å². The fraction of sp³-hybridized carbons (Fsp3) is 0.289. The first-order chi connectivity index (χ1) is 23.1. The number of carbonyl (C=O) groups excluding carboxylic acids is 2. The van der Waals surface area contributed by atoms with Crippen molar-refractivity contribution in [3.05, 3.63) is 167 Å². The molecule has 0 heterocycles. The molecule has 0 atom stereocenters. The summed E-state index contributed by atoms with van der Waals surface area (Å²) in [4.78, 5) is 21.8. The van der Waals surface area contributed by atoms with E-state index in [1.807, 2.05) is 39.8 Å². The number of esters is 1. The van der Waals surface area contributed by atoms with E-state index in [1.54, 1.807) is 6.92 Å². The lowest BCUT2D eigenvalue weighted by molar-refractivity contribution is -0.147. The van der Waals surface area contributed by atoms with Gasteiger partial charge < -0.3 is 4.74 Å². The molecule has 0 radical (unpaired) electrons. The number of fused-ring (bicyclic) bond motifs is 3. The first kappa shape index (κ1) is 36.1. The van der Waals surface area contributed by atoms with Gasteiger partial charge in [-0.25, -0.2) is 0 Å². The van der Waals surface area contributed by atoms with Crippen LogP contribution in [0.15, 0.2) is 140 Å². The molecule has 1 aliphatic carbocycles. The lowest BCUT2D eigenvalue weighted by atomic mass is 9.63. The summed E-state index contributed by atoms with van der Waals surface area (Å²) in [5.41, 5.74) is 8.95. The van der Waals surface area contributed by atoms with E-state index < -0.39 is 0 Å². The Bertz CT molecular complexity index is 1600. The molecule has 248 valence electrons. The predicted molar refractivity (Wildman–Crippen MR) is 199 cm³/mol. The minimum absolute atomic E-state index is 0.0816. The van der Waals surface area contributed by atoms with Gasteiger partial charge in [-0.15, -0.1) is 0 Å². The van der Waals surface area contributed by atoms with Gasteiger partial charge in [0.25, 0.3) is 0 Å². The molecule has 0 fully saturated rings. The van der Waals surface area contributed by atoms with Gasteiger partial charge in [0.1, 0.15) is 12.4 Å². The first-order valence-corrected chi connectivity index (χ1v) is 17.1. The second-order valence-electron chi connectivity index (χ2n) is 13.3. The third-order valence-corrected chi connectivity index (χ3v) is 9.19. The lowest BCUT2D eigenvalue weighted by Crippen LogP contribution is -2.35. The van der Waals surface area contributed by atoms with Crippen LogP contribution in [0.2, 0.25) is 0 Å². The molecule has 1 aliphatic rings. The number of benzene rings is 5. The molecule has 48 heavy (non-hydrogen) atoms. The molecular formula is C45H50O3. The molecule has 0 aliphatic heterocycles. The first-order valence-electron chi connectivity index (χ1n) is 17.1. The average molecular weight is 639 g/mol. The van der Waals surface area contributed by atoms with Gasteiger partial charge in [0, 0.05) is 17.3 Å². The Balaban J connectivity index is 0.000000186. The Labute approximate surface area is 288 Å². The predicted octanol–water partition coefficient (Wildman–Crippen LogP) is 10.9. The normalized spacial score (nSPS) is 12.0. The summed E-state index contributed by atoms with van der Waals surface area (Å²) in [6.07, 6.45) is 0. The van der Waals surface area contributed by atoms with Crippen molar-refractivity contribution in [3.8, 4) is 11.1 Å². The summed E-state index contributed by atoms with van der Waals surface area (Å²) < 4.78 is 5.46. The van der Waals surface area contributed by atoms with Crippen molar-refractivity contribution in [2.24, 2.45) is 17.8 Å². The Morgan fingerprint density at radius 2 is 0.875 bits per heavy atom. The zero-order valence-corrected chi connectivity index (χ0v) is 29.5. The van der Waals surface area contributed by atoms with E-state index in [4.69, 9.17) is 4.74 Å². The number of ether oxygens (including phenoxy) is 1. The topological polar surface area (TPSA) is 43.4 Å². The highest BCUT2D eigenvalue weighted by Gasteiger charge is 2.39. The van der Waals surface area contributed by atoms with Crippen LogP contribution in [0.5, 0.6) is 0 Å². The van der Waals surface area contributed by atoms with E-state index in [2.05, 4.69) is 141 Å². The van der Waals surface area contributed by atoms with E-state index in [0.717, 1.165) is 0 Å². The van der Waals surface area contributed by atoms with Crippen molar-refractivity contribution in [2.45, 2.75) is 59.8 Å². The molecular weight excluding hydrogens is 588 g/mol. The molecule has 0 saturated carbocycles. The van der Waals surface area contributed by atoms with E-state index in [0.29, 0.717) is 12.5 Å². The molecule has 0 amide bonds. The van der Waals surface area contributed by atoms with Crippen LogP contribution in [0, 0.1) is 17.8 Å². The van der Waals surface area contributed by atoms with Crippen LogP contribution in [0.1, 0.15) is 82.2 Å². The molecule has 0 aromatic heterocycles. The number of hydrogen-bond donors (Lipinski definition) is 0. The fourth-order valence-corrected chi connectivity index (χ4v) is 6.37. The zero-order valence-electron chi connectivity index (χ0n) is 29.5. The molecule has 0 spiro atoms. The van der Waals surface area contributed by atoms with E-state index in [9.17, 15) is 9.59 Å². The van der Waals surface area contributed by atoms with Crippen molar-refractivity contribution in [1.82, 2.24) is 0 Å². The van der Waals surface area contributed by atoms with Gasteiger partial charge in [-0.05, 0) is 51.8 Å². The lowest BCUT2D eigenvalue weighted by Gasteiger charge is -2.39. The summed E-state index contributed by atoms with van der Waals surface area (Å²) in [6.45, 7) is 14.2. The molecule has 3 nitrogen and oxygen atoms in total. The largest absolute Gasteiger partial charge is 0.464 e. The molecule has 5 aromatic rings. The molecule has 0 saturated heterocycles. The van der Waals surface area contributed by atoms with Crippen LogP contribution in [0.3, 0.4) is 0 Å². The van der Waals surface area contributed by atoms with Crippen molar-refractivity contribution >= 4 is 11.8 Å². The van der Waals surface area contributed by atoms with Gasteiger partial charge in [-0.2, -0.15) is 0 Å². The third-order valence-electron chi connectivity index (χ3n) is 9.19. The number of carbonyl (C=O) groups is 2. The number of ketones is 1. The highest BCUT2D eigenvalue weighted by molar-refractivity contribution is 5.79. The summed E-state index contributed by atoms with van der Waals surface area (Å²) in [6, 6.07) is 49.3. The molecule has 6 rings (SSSR count). The van der Waals surface area contributed by atoms with Crippen LogP contribution in [-0.4, -0.2) is 18.4 Å². The van der Waals surface area contributed by atoms with Crippen LogP contribution in [0.4, 0.5) is 0 Å². The molecule has 3 heteroatoms. The minimum Gasteiger partial charge on any atom is -0.464 e. The highest BCUT2D eigenvalue weighted by atomic mass is 16.5. The molecule has 5 aromatic carbocycles. The molecule has 0 N–H and O–H groups in total.